The van der Waals surface area contributed by atoms with Crippen LogP contribution in [0.2, 0.25) is 0 Å². The van der Waals surface area contributed by atoms with Crippen LogP contribution in [0, 0.1) is 23.3 Å². The van der Waals surface area contributed by atoms with Crippen LogP contribution in [-0.4, -0.2) is 99.4 Å². The number of ether oxygens (including phenoxy) is 1. The third kappa shape index (κ3) is 12.0. The van der Waals surface area contributed by atoms with Gasteiger partial charge in [-0.15, -0.1) is 0 Å². The van der Waals surface area contributed by atoms with Gasteiger partial charge in [-0.3, -0.25) is 19.2 Å². The van der Waals surface area contributed by atoms with E-state index in [1.807, 2.05) is 0 Å². The third-order valence-electron chi connectivity index (χ3n) is 13.2. The number of hydrogen-bond donors (Lipinski definition) is 7. The Balaban J connectivity index is 0.000000200. The number of carbonyl (C=O) groups is 6. The summed E-state index contributed by atoms with van der Waals surface area (Å²) in [6.45, 7) is -0.932. The van der Waals surface area contributed by atoms with Gasteiger partial charge in [0.15, 0.2) is 22.9 Å². The number of fused-ring (bicyclic) bond motifs is 4. The predicted molar refractivity (Wildman–Crippen MR) is 262 cm³/mol. The first-order chi connectivity index (χ1) is 39.2. The first-order valence-electron chi connectivity index (χ1n) is 24.1. The topological polar surface area (TPSA) is 281 Å². The molecule has 0 fully saturated rings. The van der Waals surface area contributed by atoms with Gasteiger partial charge in [0, 0.05) is 38.1 Å². The molecule has 4 amide bonds. The van der Waals surface area contributed by atoms with Crippen LogP contribution in [0.4, 0.5) is 43.9 Å². The Hall–Kier alpha value is -9.84. The molecule has 2 aliphatic carbocycles. The van der Waals surface area contributed by atoms with E-state index >= 15 is 0 Å². The summed E-state index contributed by atoms with van der Waals surface area (Å²) in [5.74, 6) is -10.3. The average molecular weight is 1160 g/mol. The van der Waals surface area contributed by atoms with E-state index in [4.69, 9.17) is 4.74 Å². The quantitative estimate of drug-likeness (QED) is 0.0532. The second-order valence-corrected chi connectivity index (χ2v) is 18.6. The monoisotopic (exact) mass is 1160 g/mol. The number of carbonyl (C=O) groups excluding carboxylic acids is 5. The number of nitrogens with one attached hydrogen (secondary N) is 4. The van der Waals surface area contributed by atoms with Gasteiger partial charge in [-0.25, -0.2) is 46.1 Å². The Morgan fingerprint density at radius 1 is 0.566 bits per heavy atom. The fraction of sp³-hybridized carbons (Fsp3) is 0.208. The highest BCUT2D eigenvalue weighted by Crippen LogP contribution is 2.36. The maximum Gasteiger partial charge on any atom is 0.419 e. The summed E-state index contributed by atoms with van der Waals surface area (Å²) >= 11 is 0. The summed E-state index contributed by atoms with van der Waals surface area (Å²) in [5.41, 5.74) is -3.44. The van der Waals surface area contributed by atoms with E-state index in [0.29, 0.717) is 46.5 Å². The minimum Gasteiger partial charge on any atom is -0.478 e. The van der Waals surface area contributed by atoms with Gasteiger partial charge in [0.25, 0.3) is 23.6 Å². The Morgan fingerprint density at radius 2 is 0.976 bits per heavy atom. The maximum absolute atomic E-state index is 14.4. The van der Waals surface area contributed by atoms with Crippen molar-refractivity contribution in [2.24, 2.45) is 0 Å². The molecule has 30 heteroatoms. The molecule has 4 aromatic heterocycles. The zero-order valence-electron chi connectivity index (χ0n) is 42.0. The van der Waals surface area contributed by atoms with E-state index in [1.54, 1.807) is 6.07 Å². The highest BCUT2D eigenvalue weighted by molar-refractivity contribution is 6.00. The maximum atomic E-state index is 14.4. The zero-order chi connectivity index (χ0) is 60.0. The van der Waals surface area contributed by atoms with Gasteiger partial charge >= 0.3 is 24.3 Å². The van der Waals surface area contributed by atoms with E-state index in [9.17, 15) is 88.0 Å². The lowest BCUT2D eigenvalue weighted by atomic mass is 10.0. The van der Waals surface area contributed by atoms with Crippen molar-refractivity contribution >= 4 is 46.9 Å². The fourth-order valence-corrected chi connectivity index (χ4v) is 9.20. The van der Waals surface area contributed by atoms with E-state index in [-0.39, 0.29) is 46.5 Å². The van der Waals surface area contributed by atoms with Crippen molar-refractivity contribution in [1.29, 1.82) is 0 Å². The molecular weight excluding hydrogens is 1130 g/mol. The molecule has 20 nitrogen and oxygen atoms in total. The predicted octanol–water partition coefficient (Wildman–Crippen LogP) is 6.17. The number of benzene rings is 4. The molecule has 0 unspecified atom stereocenters. The summed E-state index contributed by atoms with van der Waals surface area (Å²) in [6, 6.07) is 13.2. The van der Waals surface area contributed by atoms with Crippen molar-refractivity contribution < 1.29 is 92.7 Å². The molecule has 4 atom stereocenters. The molecule has 2 aliphatic rings. The number of carboxylic acids is 1. The number of carboxylic acid groups (broad SMARTS) is 1. The fourth-order valence-electron chi connectivity index (χ4n) is 9.20. The Kier molecular flexibility index (Phi) is 15.7. The van der Waals surface area contributed by atoms with Crippen molar-refractivity contribution in [2.45, 2.75) is 62.6 Å². The van der Waals surface area contributed by atoms with Crippen LogP contribution < -0.4 is 21.3 Å². The highest BCUT2D eigenvalue weighted by atomic mass is 19.4. The van der Waals surface area contributed by atoms with Gasteiger partial charge < -0.3 is 41.3 Å². The number of nitrogens with zero attached hydrogens (tertiary/aromatic N) is 6. The van der Waals surface area contributed by atoms with E-state index in [2.05, 4.69) is 41.4 Å². The van der Waals surface area contributed by atoms with Crippen LogP contribution in [0.1, 0.15) is 119 Å². The number of esters is 1. The molecule has 0 saturated carbocycles. The highest BCUT2D eigenvalue weighted by Gasteiger charge is 2.38. The number of hydrogen-bond acceptors (Lipinski definition) is 13. The first-order valence-corrected chi connectivity index (χ1v) is 24.1. The summed E-state index contributed by atoms with van der Waals surface area (Å²) in [6.07, 6.45) is -10.4. The molecule has 7 N–H and O–H groups in total. The van der Waals surface area contributed by atoms with Crippen LogP contribution in [0.15, 0.2) is 97.3 Å². The van der Waals surface area contributed by atoms with Crippen molar-refractivity contribution in [1.82, 2.24) is 50.5 Å². The number of aliphatic hydroxyl groups excluding tert-OH is 2. The van der Waals surface area contributed by atoms with Gasteiger partial charge in [-0.1, -0.05) is 24.3 Å². The van der Waals surface area contributed by atoms with Gasteiger partial charge in [-0.2, -0.15) is 36.5 Å². The molecule has 0 bridgehead atoms. The molecule has 8 aromatic rings. The third-order valence-corrected chi connectivity index (χ3v) is 13.2. The van der Waals surface area contributed by atoms with Gasteiger partial charge in [-0.05, 0) is 81.9 Å². The smallest absolute Gasteiger partial charge is 0.419 e. The van der Waals surface area contributed by atoms with Gasteiger partial charge in [0.05, 0.1) is 66.0 Å². The standard InChI is InChI=1S/C27H20F5N5O5.C26H18F5N5O5/c1-42-26(41)13-3-4-15-14(7-13)8-21(38)22(15)36-25(40)20-9-19(35-23-18(29)11-34-37(20)23)24(39)33-10-12-2-5-17(28)16(6-12)27(30,31)32;27-16-4-1-11(5-15(16)26(29,30)31)9-32-23(38)18-8-19(36-22(34-18)17(28)10-33-36)24(39)35-21-14-3-2-12(25(40)41)6-13(14)7-20(21)37/h2-7,9,11,21-22,38H,8,10H2,1H3,(H,33,39)(H,36,40);1-6,8,10,20-21,37H,7,9H2,(H,32,38)(H,35,39)(H,40,41)/t21-,22+;20-,21+/m00/s1. The van der Waals surface area contributed by atoms with Crippen LogP contribution in [0.25, 0.3) is 11.3 Å². The molecule has 10 rings (SSSR count). The lowest BCUT2D eigenvalue weighted by molar-refractivity contribution is -0.140. The van der Waals surface area contributed by atoms with Crippen molar-refractivity contribution in [3.63, 3.8) is 0 Å². The lowest BCUT2D eigenvalue weighted by Gasteiger charge is -2.18. The molecular formula is C53H38F10N10O10. The van der Waals surface area contributed by atoms with Gasteiger partial charge in [0.1, 0.15) is 34.4 Å². The minimum absolute atomic E-state index is 0.00305. The molecule has 430 valence electrons. The molecule has 83 heavy (non-hydrogen) atoms. The minimum atomic E-state index is -4.95. The molecule has 0 spiro atoms. The number of aromatic nitrogens is 6. The summed E-state index contributed by atoms with van der Waals surface area (Å²) in [7, 11) is 1.22. The molecule has 4 heterocycles. The Labute approximate surface area is 457 Å². The molecule has 0 radical (unpaired) electrons. The first kappa shape index (κ1) is 57.8. The number of aliphatic hydroxyl groups is 2. The van der Waals surface area contributed by atoms with Crippen molar-refractivity contribution in [2.75, 3.05) is 7.11 Å². The Morgan fingerprint density at radius 3 is 1.37 bits per heavy atom. The average Bonchev–Trinajstić information content (AvgIpc) is 3.51. The summed E-state index contributed by atoms with van der Waals surface area (Å²) < 4.78 is 141. The lowest BCUT2D eigenvalue weighted by Crippen LogP contribution is -2.35. The Bertz CT molecular complexity index is 3960. The van der Waals surface area contributed by atoms with Crippen molar-refractivity contribution in [3.05, 3.63) is 199 Å². The van der Waals surface area contributed by atoms with E-state index in [0.717, 1.165) is 45.7 Å². The number of aromatic carboxylic acids is 1. The number of amides is 4. The van der Waals surface area contributed by atoms with E-state index in [1.165, 1.54) is 37.4 Å². The molecule has 4 aromatic carbocycles. The van der Waals surface area contributed by atoms with Crippen LogP contribution in [0.3, 0.4) is 0 Å². The molecule has 0 saturated heterocycles. The number of halogens is 10. The normalized spacial score (nSPS) is 16.3. The van der Waals surface area contributed by atoms with Crippen molar-refractivity contribution in [3.8, 4) is 0 Å². The van der Waals surface area contributed by atoms with Crippen LogP contribution >= 0.6 is 0 Å². The van der Waals surface area contributed by atoms with Gasteiger partial charge in [0.2, 0.25) is 0 Å². The second kappa shape index (κ2) is 22.6. The van der Waals surface area contributed by atoms with E-state index < -0.39 is 142 Å². The SMILES string of the molecule is COC(=O)c1ccc2c(c1)C[C@H](O)[C@@H]2NC(=O)c1cc(C(=O)NCc2ccc(F)c(C(F)(F)F)c2)nc2c(F)cnn12.O=C(O)c1ccc2c(c1)C[C@H](O)[C@@H]2NC(=O)c1cc(C(=O)NCc2ccc(F)c(C(F)(F)F)c2)nc2c(F)cnn12. The summed E-state index contributed by atoms with van der Waals surface area (Å²) in [5, 5.41) is 47.7. The number of alkyl halides is 6. The van der Waals surface area contributed by atoms with Crippen LogP contribution in [-0.2, 0) is 43.0 Å². The largest absolute Gasteiger partial charge is 0.478 e. The molecule has 0 aliphatic heterocycles. The summed E-state index contributed by atoms with van der Waals surface area (Å²) in [4.78, 5) is 83.1. The second-order valence-electron chi connectivity index (χ2n) is 18.6. The van der Waals surface area contributed by atoms with Crippen LogP contribution in [0.5, 0.6) is 0 Å². The number of methoxy groups -OCH3 is 1. The number of rotatable bonds is 12. The zero-order valence-corrected chi connectivity index (χ0v) is 42.0.